The van der Waals surface area contributed by atoms with Crippen LogP contribution >= 0.6 is 0 Å². The summed E-state index contributed by atoms with van der Waals surface area (Å²) in [6, 6.07) is 18.2. The topological polar surface area (TPSA) is 227 Å². The number of nitrogens with one attached hydrogen (secondary N) is 5. The molecule has 6 rings (SSSR count). The molecule has 5 N–H and O–H groups in total. The number of likely N-dealkylation sites (tertiary alicyclic amines) is 1. The van der Waals surface area contributed by atoms with Crippen LogP contribution in [0, 0.1) is 18.8 Å². The van der Waals surface area contributed by atoms with E-state index in [-0.39, 0.29) is 47.1 Å². The number of rotatable bonds is 13. The van der Waals surface area contributed by atoms with Crippen molar-refractivity contribution in [3.8, 4) is 22.5 Å². The first kappa shape index (κ1) is 48.6. The van der Waals surface area contributed by atoms with E-state index in [1.54, 1.807) is 47.4 Å². The maximum absolute atomic E-state index is 13.9. The van der Waals surface area contributed by atoms with E-state index in [1.807, 2.05) is 79.7 Å². The Labute approximate surface area is 381 Å². The number of anilines is 1. The predicted molar refractivity (Wildman–Crippen MR) is 246 cm³/mol. The smallest absolute Gasteiger partial charge is 0.410 e. The number of alkyl carbamates (subject to hydrolysis) is 1. The highest BCUT2D eigenvalue weighted by molar-refractivity contribution is 7.89. The van der Waals surface area contributed by atoms with Crippen molar-refractivity contribution in [1.29, 1.82) is 0 Å². The molecule has 1 aliphatic carbocycles. The zero-order valence-electron chi connectivity index (χ0n) is 38.6. The largest absolute Gasteiger partial charge is 0.444 e. The fourth-order valence-corrected chi connectivity index (χ4v) is 9.60. The van der Waals surface area contributed by atoms with Crippen molar-refractivity contribution < 1.29 is 37.1 Å². The summed E-state index contributed by atoms with van der Waals surface area (Å²) >= 11 is 0. The molecule has 3 aromatic carbocycles. The number of carbonyl (C=O) groups excluding carboxylic acids is 4. The van der Waals surface area contributed by atoms with E-state index in [2.05, 4.69) is 41.3 Å². The lowest BCUT2D eigenvalue weighted by atomic mass is 9.81. The molecule has 2 heterocycles. The quantitative estimate of drug-likeness (QED) is 0.0927. The van der Waals surface area contributed by atoms with Gasteiger partial charge in [0.1, 0.15) is 17.2 Å². The third kappa shape index (κ3) is 13.8. The number of aryl methyl sites for hydroxylation is 1. The number of amides is 4. The van der Waals surface area contributed by atoms with E-state index in [0.717, 1.165) is 35.1 Å². The zero-order valence-corrected chi connectivity index (χ0v) is 39.4. The minimum Gasteiger partial charge on any atom is -0.444 e. The Morgan fingerprint density at radius 3 is 2.12 bits per heavy atom. The summed E-state index contributed by atoms with van der Waals surface area (Å²) < 4.78 is 40.9. The van der Waals surface area contributed by atoms with Crippen LogP contribution in [0.4, 0.5) is 15.3 Å². The summed E-state index contributed by atoms with van der Waals surface area (Å²) in [5.74, 6) is -0.236. The lowest BCUT2D eigenvalue weighted by Crippen LogP contribution is -2.51. The molecule has 17 nitrogen and oxygen atoms in total. The van der Waals surface area contributed by atoms with Crippen molar-refractivity contribution in [2.45, 2.75) is 135 Å². The van der Waals surface area contributed by atoms with Crippen LogP contribution in [0.15, 0.2) is 71.6 Å². The van der Waals surface area contributed by atoms with Gasteiger partial charge >= 0.3 is 12.2 Å². The van der Waals surface area contributed by atoms with Crippen molar-refractivity contribution in [1.82, 2.24) is 40.9 Å². The molecule has 2 aliphatic rings. The fourth-order valence-electron chi connectivity index (χ4n) is 8.23. The van der Waals surface area contributed by atoms with Crippen LogP contribution in [0.5, 0.6) is 0 Å². The van der Waals surface area contributed by atoms with Gasteiger partial charge < -0.3 is 30.3 Å². The molecule has 0 bridgehead atoms. The molecular formula is C47H63N9O8S. The lowest BCUT2D eigenvalue weighted by Gasteiger charge is -2.38. The molecule has 1 aromatic heterocycles. The van der Waals surface area contributed by atoms with Gasteiger partial charge in [-0.25, -0.2) is 22.7 Å². The SMILES string of the molecule is Cc1cc(S(=O)(=O)NC2CCN(C(=O)OC(C)(C)C)C(C)C2)ccc1-c1ccc(CC(NC(=O)C2CCC(CNC(=O)OC(C)(C)C)CC2)C(=O)Nc2ccc(-c3nn[nH]n3)cc2)cc1. The van der Waals surface area contributed by atoms with Crippen molar-refractivity contribution in [2.24, 2.45) is 11.8 Å². The van der Waals surface area contributed by atoms with Gasteiger partial charge in [0, 0.05) is 48.8 Å². The molecule has 0 radical (unpaired) electrons. The van der Waals surface area contributed by atoms with E-state index in [1.165, 1.54) is 0 Å². The number of aromatic nitrogens is 4. The van der Waals surface area contributed by atoms with Gasteiger partial charge in [-0.2, -0.15) is 5.21 Å². The molecule has 1 saturated carbocycles. The average molecular weight is 914 g/mol. The molecule has 18 heteroatoms. The van der Waals surface area contributed by atoms with E-state index >= 15 is 0 Å². The number of benzene rings is 3. The maximum Gasteiger partial charge on any atom is 0.410 e. The van der Waals surface area contributed by atoms with Crippen LogP contribution in [0.25, 0.3) is 22.5 Å². The van der Waals surface area contributed by atoms with Crippen LogP contribution in [-0.2, 0) is 35.5 Å². The number of hydrogen-bond acceptors (Lipinski definition) is 11. The fraction of sp³-hybridized carbons (Fsp3) is 0.511. The first-order chi connectivity index (χ1) is 30.6. The molecular weight excluding hydrogens is 851 g/mol. The summed E-state index contributed by atoms with van der Waals surface area (Å²) in [6.45, 7) is 15.5. The zero-order chi connectivity index (χ0) is 47.1. The van der Waals surface area contributed by atoms with Gasteiger partial charge in [0.25, 0.3) is 0 Å². The Morgan fingerprint density at radius 2 is 1.52 bits per heavy atom. The third-order valence-electron chi connectivity index (χ3n) is 11.6. The highest BCUT2D eigenvalue weighted by Gasteiger charge is 2.34. The van der Waals surface area contributed by atoms with Gasteiger partial charge in [0.2, 0.25) is 27.7 Å². The molecule has 65 heavy (non-hydrogen) atoms. The van der Waals surface area contributed by atoms with Crippen LogP contribution in [-0.4, -0.2) is 100 Å². The van der Waals surface area contributed by atoms with Gasteiger partial charge in [-0.1, -0.05) is 30.3 Å². The maximum atomic E-state index is 13.9. The van der Waals surface area contributed by atoms with E-state index in [0.29, 0.717) is 55.8 Å². The molecule has 3 atom stereocenters. The van der Waals surface area contributed by atoms with Crippen molar-refractivity contribution in [3.63, 3.8) is 0 Å². The minimum atomic E-state index is -3.85. The third-order valence-corrected chi connectivity index (χ3v) is 13.1. The second-order valence-corrected chi connectivity index (χ2v) is 20.9. The Hall–Kier alpha value is -5.88. The molecule has 0 spiro atoms. The summed E-state index contributed by atoms with van der Waals surface area (Å²) in [6.07, 6.45) is 3.01. The second kappa shape index (κ2) is 20.5. The number of ether oxygens (including phenoxy) is 2. The van der Waals surface area contributed by atoms with E-state index in [9.17, 15) is 27.6 Å². The highest BCUT2D eigenvalue weighted by atomic mass is 32.2. The van der Waals surface area contributed by atoms with Crippen LogP contribution in [0.2, 0.25) is 0 Å². The molecule has 1 aliphatic heterocycles. The highest BCUT2D eigenvalue weighted by Crippen LogP contribution is 2.31. The summed E-state index contributed by atoms with van der Waals surface area (Å²) in [5, 5.41) is 22.9. The van der Waals surface area contributed by atoms with Crippen LogP contribution in [0.3, 0.4) is 0 Å². The Balaban J connectivity index is 1.09. The molecule has 3 unspecified atom stereocenters. The number of sulfonamides is 1. The number of piperidine rings is 1. The Morgan fingerprint density at radius 1 is 0.862 bits per heavy atom. The van der Waals surface area contributed by atoms with Gasteiger partial charge in [0.05, 0.1) is 4.90 Å². The number of hydrogen-bond donors (Lipinski definition) is 5. The minimum absolute atomic E-state index is 0.151. The summed E-state index contributed by atoms with van der Waals surface area (Å²) in [4.78, 5) is 54.4. The molecule has 1 saturated heterocycles. The summed E-state index contributed by atoms with van der Waals surface area (Å²) in [5.41, 5.74) is 3.31. The Kier molecular flexibility index (Phi) is 15.3. The molecule has 4 aromatic rings. The lowest BCUT2D eigenvalue weighted by molar-refractivity contribution is -0.130. The second-order valence-electron chi connectivity index (χ2n) is 19.2. The normalized spacial score (nSPS) is 19.7. The van der Waals surface area contributed by atoms with Gasteiger partial charge in [0.15, 0.2) is 0 Å². The van der Waals surface area contributed by atoms with Gasteiger partial charge in [-0.15, -0.1) is 10.2 Å². The first-order valence-corrected chi connectivity index (χ1v) is 23.7. The molecule has 2 fully saturated rings. The number of nitrogens with zero attached hydrogens (tertiary/aromatic N) is 4. The van der Waals surface area contributed by atoms with Crippen molar-refractivity contribution in [2.75, 3.05) is 18.4 Å². The monoisotopic (exact) mass is 913 g/mol. The van der Waals surface area contributed by atoms with Gasteiger partial charge in [-0.3, -0.25) is 9.59 Å². The predicted octanol–water partition coefficient (Wildman–Crippen LogP) is 6.91. The van der Waals surface area contributed by atoms with E-state index in [4.69, 9.17) is 9.47 Å². The standard InChI is InChI=1S/C47H63N9O8S/c1-29-25-38(65(61,62)53-37-23-24-56(30(2)26-37)45(60)64-47(6,7)8)21-22-39(29)33-13-9-31(10-14-33)27-40(43(58)49-36-19-17-34(18-20-36)41-51-54-55-52-41)50-42(57)35-15-11-32(12-16-35)28-48-44(59)63-46(3,4)5/h9-10,13-14,17-22,25,30,32,35,37,40,53H,11-12,15-16,23-24,26-28H2,1-8H3,(H,48,59)(H,49,58)(H,50,57)(H,51,52,54,55). The number of aromatic amines is 1. The Bertz CT molecular complexity index is 2390. The number of H-pyrrole nitrogens is 1. The van der Waals surface area contributed by atoms with E-state index < -0.39 is 39.5 Å². The van der Waals surface area contributed by atoms with Gasteiger partial charge in [-0.05, 0) is 164 Å². The number of tetrazole rings is 1. The summed E-state index contributed by atoms with van der Waals surface area (Å²) in [7, 11) is -3.85. The van der Waals surface area contributed by atoms with Crippen molar-refractivity contribution >= 4 is 39.7 Å². The number of carbonyl (C=O) groups is 4. The molecule has 4 amide bonds. The average Bonchev–Trinajstić information content (AvgIpc) is 3.77. The van der Waals surface area contributed by atoms with Crippen molar-refractivity contribution in [3.05, 3.63) is 77.9 Å². The first-order valence-electron chi connectivity index (χ1n) is 22.3. The van der Waals surface area contributed by atoms with Crippen LogP contribution < -0.4 is 20.7 Å². The molecule has 350 valence electrons. The van der Waals surface area contributed by atoms with Crippen LogP contribution in [0.1, 0.15) is 98.1 Å².